The lowest BCUT2D eigenvalue weighted by Crippen LogP contribution is -2.15. The quantitative estimate of drug-likeness (QED) is 0.338. The van der Waals surface area contributed by atoms with Gasteiger partial charge in [0.25, 0.3) is 0 Å². The number of likely N-dealkylation sites (N-methyl/N-ethyl adjacent to an activating group) is 1. The molecule has 1 fully saturated rings. The maximum atomic E-state index is 2.29. The van der Waals surface area contributed by atoms with Gasteiger partial charge in [-0.15, -0.1) is 0 Å². The van der Waals surface area contributed by atoms with Gasteiger partial charge in [0.15, 0.2) is 0 Å². The van der Waals surface area contributed by atoms with Crippen LogP contribution in [0.5, 0.6) is 0 Å². The van der Waals surface area contributed by atoms with Gasteiger partial charge in [-0.05, 0) is 0 Å². The molecule has 0 radical (unpaired) electrons. The molecular formula is C6H14N+. The van der Waals surface area contributed by atoms with Crippen LogP contribution in [0.4, 0.5) is 0 Å². The Labute approximate surface area is 45.5 Å². The Hall–Kier alpha value is -0.0400. The van der Waals surface area contributed by atoms with Crippen molar-refractivity contribution in [3.05, 3.63) is 0 Å². The molecule has 1 heteroatoms. The predicted octanol–water partition coefficient (Wildman–Crippen LogP) is 0.855. The van der Waals surface area contributed by atoms with Crippen molar-refractivity contribution < 1.29 is 4.48 Å². The lowest BCUT2D eigenvalue weighted by molar-refractivity contribution is -0.769. The van der Waals surface area contributed by atoms with Crippen LogP contribution in [0, 0.1) is 0 Å². The molecule has 1 heterocycles. The third-order valence-corrected chi connectivity index (χ3v) is 2.01. The first-order valence-corrected chi connectivity index (χ1v) is 2.99. The van der Waals surface area contributed by atoms with Crippen LogP contribution in [-0.2, 0) is 0 Å². The first kappa shape index (κ1) is 5.10. The number of hydrogen-bond donors (Lipinski definition) is 0. The molecule has 7 heavy (non-hydrogen) atoms. The molecule has 0 saturated carbocycles. The molecule has 0 aliphatic carbocycles. The molecule has 0 spiro atoms. The van der Waals surface area contributed by atoms with Crippen molar-refractivity contribution >= 4 is 0 Å². The molecule has 42 valence electrons. The molecule has 0 N–H and O–H groups in total. The summed E-state index contributed by atoms with van der Waals surface area (Å²) in [6.45, 7) is 3.66. The van der Waals surface area contributed by atoms with Gasteiger partial charge >= 0.3 is 0 Å². The van der Waals surface area contributed by atoms with Crippen LogP contribution in [0.1, 0.15) is 13.3 Å². The first-order chi connectivity index (χ1) is 3.17. The summed E-state index contributed by atoms with van der Waals surface area (Å²) < 4.78 is 1.26. The number of nitrogens with zero attached hydrogens (tertiary/aromatic N) is 1. The molecule has 1 nitrogen and oxygen atoms in total. The predicted molar refractivity (Wildman–Crippen MR) is 31.1 cm³/mol. The van der Waals surface area contributed by atoms with E-state index in [0.717, 1.165) is 6.04 Å². The Morgan fingerprint density at radius 2 is 2.00 bits per heavy atom. The highest BCUT2D eigenvalue weighted by atomic mass is 15.5. The van der Waals surface area contributed by atoms with Crippen molar-refractivity contribution in [3.63, 3.8) is 0 Å². The highest BCUT2D eigenvalue weighted by Crippen LogP contribution is 2.26. The summed E-state index contributed by atoms with van der Waals surface area (Å²) in [4.78, 5) is 0. The standard InChI is InChI=1S/C6H14N/c1-4-6-5-7(6,2)3/h6H,4-5H2,1-3H3/q+1. The minimum Gasteiger partial charge on any atom is -0.316 e. The van der Waals surface area contributed by atoms with Crippen molar-refractivity contribution in [1.29, 1.82) is 0 Å². The zero-order valence-corrected chi connectivity index (χ0v) is 5.44. The van der Waals surface area contributed by atoms with E-state index in [-0.39, 0.29) is 0 Å². The van der Waals surface area contributed by atoms with Gasteiger partial charge in [-0.3, -0.25) is 0 Å². The van der Waals surface area contributed by atoms with E-state index in [9.17, 15) is 0 Å². The maximum Gasteiger partial charge on any atom is 0.138 e. The summed E-state index contributed by atoms with van der Waals surface area (Å²) in [6.07, 6.45) is 1.35. The number of rotatable bonds is 1. The summed E-state index contributed by atoms with van der Waals surface area (Å²) in [5, 5.41) is 0. The molecule has 1 rings (SSSR count). The second kappa shape index (κ2) is 1.22. The summed E-state index contributed by atoms with van der Waals surface area (Å²) in [5.41, 5.74) is 0. The molecule has 0 amide bonds. The Morgan fingerprint density at radius 1 is 1.57 bits per heavy atom. The fourth-order valence-corrected chi connectivity index (χ4v) is 1.12. The lowest BCUT2D eigenvalue weighted by Gasteiger charge is -2.02. The van der Waals surface area contributed by atoms with E-state index in [1.54, 1.807) is 0 Å². The van der Waals surface area contributed by atoms with Gasteiger partial charge in [0.2, 0.25) is 0 Å². The van der Waals surface area contributed by atoms with E-state index in [0.29, 0.717) is 0 Å². The van der Waals surface area contributed by atoms with Crippen LogP contribution in [0.2, 0.25) is 0 Å². The Bertz CT molecular complexity index is 76.2. The first-order valence-electron chi connectivity index (χ1n) is 2.99. The van der Waals surface area contributed by atoms with Crippen molar-refractivity contribution in [3.8, 4) is 0 Å². The minimum absolute atomic E-state index is 0.986. The van der Waals surface area contributed by atoms with Gasteiger partial charge < -0.3 is 4.48 Å². The molecule has 1 saturated heterocycles. The number of hydrogen-bond acceptors (Lipinski definition) is 0. The SMILES string of the molecule is CCC1C[N+]1(C)C. The average Bonchev–Trinajstić information content (AvgIpc) is 2.13. The highest BCUT2D eigenvalue weighted by molar-refractivity contribution is 4.67. The van der Waals surface area contributed by atoms with E-state index < -0.39 is 0 Å². The van der Waals surface area contributed by atoms with Crippen LogP contribution in [0.25, 0.3) is 0 Å². The van der Waals surface area contributed by atoms with Crippen molar-refractivity contribution in [2.24, 2.45) is 0 Å². The number of quaternary nitrogens is 1. The van der Waals surface area contributed by atoms with Crippen molar-refractivity contribution in [2.45, 2.75) is 19.4 Å². The zero-order chi connectivity index (χ0) is 5.49. The Balaban J connectivity index is 2.30. The largest absolute Gasteiger partial charge is 0.316 e. The fourth-order valence-electron chi connectivity index (χ4n) is 1.12. The molecule has 0 aromatic carbocycles. The van der Waals surface area contributed by atoms with Crippen LogP contribution in [0.15, 0.2) is 0 Å². The molecule has 0 aromatic rings. The summed E-state index contributed by atoms with van der Waals surface area (Å²) >= 11 is 0. The van der Waals surface area contributed by atoms with E-state index >= 15 is 0 Å². The molecule has 1 aliphatic heterocycles. The average molecular weight is 100 g/mol. The second-order valence-electron chi connectivity index (χ2n) is 3.02. The van der Waals surface area contributed by atoms with Crippen molar-refractivity contribution in [1.82, 2.24) is 0 Å². The molecule has 0 aromatic heterocycles. The fraction of sp³-hybridized carbons (Fsp3) is 1.00. The molecule has 1 atom stereocenters. The lowest BCUT2D eigenvalue weighted by atomic mass is 10.4. The summed E-state index contributed by atoms with van der Waals surface area (Å²) in [5.74, 6) is 0. The highest BCUT2D eigenvalue weighted by Gasteiger charge is 2.45. The molecule has 1 unspecified atom stereocenters. The third kappa shape index (κ3) is 0.778. The van der Waals surface area contributed by atoms with Crippen molar-refractivity contribution in [2.75, 3.05) is 20.6 Å². The normalized spacial score (nSPS) is 35.6. The zero-order valence-electron chi connectivity index (χ0n) is 5.44. The van der Waals surface area contributed by atoms with E-state index in [4.69, 9.17) is 0 Å². The van der Waals surface area contributed by atoms with Gasteiger partial charge in [-0.1, -0.05) is 6.92 Å². The minimum atomic E-state index is 0.986. The van der Waals surface area contributed by atoms with E-state index in [2.05, 4.69) is 21.0 Å². The van der Waals surface area contributed by atoms with Crippen LogP contribution in [0.3, 0.4) is 0 Å². The smallest absolute Gasteiger partial charge is 0.138 e. The molecular weight excluding hydrogens is 86.1 g/mol. The van der Waals surface area contributed by atoms with E-state index in [1.165, 1.54) is 17.4 Å². The molecule has 1 aliphatic rings. The van der Waals surface area contributed by atoms with Gasteiger partial charge in [-0.2, -0.15) is 0 Å². The topological polar surface area (TPSA) is 0 Å². The van der Waals surface area contributed by atoms with Gasteiger partial charge in [0, 0.05) is 6.42 Å². The van der Waals surface area contributed by atoms with Crippen LogP contribution in [-0.4, -0.2) is 31.2 Å². The maximum absolute atomic E-state index is 2.29. The van der Waals surface area contributed by atoms with Gasteiger partial charge in [0.1, 0.15) is 12.6 Å². The summed E-state index contributed by atoms with van der Waals surface area (Å²) in [6, 6.07) is 0.986. The summed E-state index contributed by atoms with van der Waals surface area (Å²) in [7, 11) is 4.57. The van der Waals surface area contributed by atoms with Crippen LogP contribution >= 0.6 is 0 Å². The Kier molecular flexibility index (Phi) is 0.890. The van der Waals surface area contributed by atoms with Gasteiger partial charge in [0.05, 0.1) is 14.1 Å². The Morgan fingerprint density at radius 3 is 2.00 bits per heavy atom. The molecule has 0 bridgehead atoms. The second-order valence-corrected chi connectivity index (χ2v) is 3.02. The van der Waals surface area contributed by atoms with Gasteiger partial charge in [-0.25, -0.2) is 0 Å². The third-order valence-electron chi connectivity index (χ3n) is 2.01. The monoisotopic (exact) mass is 100 g/mol. The van der Waals surface area contributed by atoms with Crippen LogP contribution < -0.4 is 0 Å². The van der Waals surface area contributed by atoms with E-state index in [1.807, 2.05) is 0 Å².